The maximum absolute atomic E-state index is 12.1. The van der Waals surface area contributed by atoms with Crippen LogP contribution in [0.15, 0.2) is 11.0 Å². The van der Waals surface area contributed by atoms with Gasteiger partial charge in [0, 0.05) is 24.8 Å². The first-order valence-electron chi connectivity index (χ1n) is 6.83. The SMILES string of the molecule is Cc1nn(C)c(C)c1CNc1cnn(C(C)C)c(=O)c1Cl. The zero-order valence-corrected chi connectivity index (χ0v) is 13.7. The lowest BCUT2D eigenvalue weighted by Gasteiger charge is -2.12. The Morgan fingerprint density at radius 3 is 2.57 bits per heavy atom. The van der Waals surface area contributed by atoms with E-state index in [0.29, 0.717) is 12.2 Å². The summed E-state index contributed by atoms with van der Waals surface area (Å²) in [6.07, 6.45) is 1.59. The number of anilines is 1. The van der Waals surface area contributed by atoms with Gasteiger partial charge in [0.25, 0.3) is 5.56 Å². The molecule has 2 heterocycles. The first-order valence-corrected chi connectivity index (χ1v) is 7.21. The second kappa shape index (κ2) is 5.89. The zero-order valence-electron chi connectivity index (χ0n) is 12.9. The van der Waals surface area contributed by atoms with Crippen molar-refractivity contribution >= 4 is 17.3 Å². The van der Waals surface area contributed by atoms with Gasteiger partial charge in [-0.25, -0.2) is 4.68 Å². The number of nitrogens with zero attached hydrogens (tertiary/aromatic N) is 4. The van der Waals surface area contributed by atoms with Crippen LogP contribution in [0.2, 0.25) is 5.02 Å². The highest BCUT2D eigenvalue weighted by Gasteiger charge is 2.13. The van der Waals surface area contributed by atoms with E-state index in [1.165, 1.54) is 4.68 Å². The Kier molecular flexibility index (Phi) is 4.37. The van der Waals surface area contributed by atoms with Gasteiger partial charge in [0.1, 0.15) is 5.02 Å². The molecular weight excluding hydrogens is 290 g/mol. The van der Waals surface area contributed by atoms with Crippen LogP contribution in [-0.4, -0.2) is 19.6 Å². The molecule has 0 aliphatic carbocycles. The van der Waals surface area contributed by atoms with Gasteiger partial charge in [-0.15, -0.1) is 0 Å². The zero-order chi connectivity index (χ0) is 15.7. The average molecular weight is 310 g/mol. The number of hydrogen-bond acceptors (Lipinski definition) is 4. The molecule has 1 N–H and O–H groups in total. The second-order valence-electron chi connectivity index (χ2n) is 5.34. The fourth-order valence-corrected chi connectivity index (χ4v) is 2.40. The molecule has 0 unspecified atom stereocenters. The van der Waals surface area contributed by atoms with Crippen molar-refractivity contribution in [3.8, 4) is 0 Å². The first kappa shape index (κ1) is 15.6. The van der Waals surface area contributed by atoms with Crippen LogP contribution in [0.5, 0.6) is 0 Å². The Labute approximate surface area is 128 Å². The third kappa shape index (κ3) is 2.95. The van der Waals surface area contributed by atoms with Crippen molar-refractivity contribution in [2.24, 2.45) is 7.05 Å². The van der Waals surface area contributed by atoms with E-state index >= 15 is 0 Å². The maximum atomic E-state index is 12.1. The number of aryl methyl sites for hydroxylation is 2. The maximum Gasteiger partial charge on any atom is 0.287 e. The molecule has 0 saturated carbocycles. The molecule has 21 heavy (non-hydrogen) atoms. The van der Waals surface area contributed by atoms with Crippen molar-refractivity contribution in [2.75, 3.05) is 5.32 Å². The fourth-order valence-electron chi connectivity index (χ4n) is 2.19. The second-order valence-corrected chi connectivity index (χ2v) is 5.72. The van der Waals surface area contributed by atoms with E-state index in [1.54, 1.807) is 6.20 Å². The van der Waals surface area contributed by atoms with Gasteiger partial charge in [0.15, 0.2) is 0 Å². The third-order valence-corrected chi connectivity index (χ3v) is 3.91. The van der Waals surface area contributed by atoms with E-state index in [1.807, 2.05) is 39.4 Å². The van der Waals surface area contributed by atoms with Crippen molar-refractivity contribution in [2.45, 2.75) is 40.3 Å². The molecule has 7 heteroatoms. The van der Waals surface area contributed by atoms with E-state index in [-0.39, 0.29) is 16.6 Å². The van der Waals surface area contributed by atoms with Gasteiger partial charge in [-0.2, -0.15) is 10.2 Å². The smallest absolute Gasteiger partial charge is 0.287 e. The molecule has 114 valence electrons. The minimum absolute atomic E-state index is 0.0214. The van der Waals surface area contributed by atoms with Gasteiger partial charge in [0.2, 0.25) is 0 Å². The molecule has 0 aliphatic heterocycles. The Morgan fingerprint density at radius 1 is 1.38 bits per heavy atom. The summed E-state index contributed by atoms with van der Waals surface area (Å²) in [6, 6.07) is -0.0214. The van der Waals surface area contributed by atoms with Gasteiger partial charge >= 0.3 is 0 Å². The van der Waals surface area contributed by atoms with E-state index in [0.717, 1.165) is 17.0 Å². The average Bonchev–Trinajstić information content (AvgIpc) is 2.65. The molecule has 0 atom stereocenters. The lowest BCUT2D eigenvalue weighted by atomic mass is 10.2. The highest BCUT2D eigenvalue weighted by molar-refractivity contribution is 6.32. The molecule has 6 nitrogen and oxygen atoms in total. The molecule has 0 radical (unpaired) electrons. The summed E-state index contributed by atoms with van der Waals surface area (Å²) in [5, 5.41) is 11.8. The minimum atomic E-state index is -0.281. The molecule has 0 aromatic carbocycles. The summed E-state index contributed by atoms with van der Waals surface area (Å²) in [5.41, 5.74) is 3.40. The quantitative estimate of drug-likeness (QED) is 0.942. The third-order valence-electron chi connectivity index (χ3n) is 3.55. The van der Waals surface area contributed by atoms with Gasteiger partial charge in [-0.1, -0.05) is 11.6 Å². The van der Waals surface area contributed by atoms with Gasteiger partial charge in [-0.05, 0) is 27.7 Å². The van der Waals surface area contributed by atoms with Gasteiger partial charge < -0.3 is 5.32 Å². The van der Waals surface area contributed by atoms with Gasteiger partial charge in [0.05, 0.1) is 23.6 Å². The number of nitrogens with one attached hydrogen (secondary N) is 1. The molecule has 0 amide bonds. The van der Waals surface area contributed by atoms with Crippen molar-refractivity contribution in [3.05, 3.63) is 38.5 Å². The van der Waals surface area contributed by atoms with E-state index < -0.39 is 0 Å². The summed E-state index contributed by atoms with van der Waals surface area (Å²) in [4.78, 5) is 12.1. The van der Waals surface area contributed by atoms with E-state index in [4.69, 9.17) is 11.6 Å². The van der Waals surface area contributed by atoms with Crippen molar-refractivity contribution in [1.82, 2.24) is 19.6 Å². The van der Waals surface area contributed by atoms with E-state index in [9.17, 15) is 4.79 Å². The lowest BCUT2D eigenvalue weighted by molar-refractivity contribution is 0.503. The van der Waals surface area contributed by atoms with Crippen LogP contribution in [0.1, 0.15) is 36.8 Å². The Bertz CT molecular complexity index is 717. The Morgan fingerprint density at radius 2 is 2.05 bits per heavy atom. The lowest BCUT2D eigenvalue weighted by Crippen LogP contribution is -2.25. The minimum Gasteiger partial charge on any atom is -0.378 e. The molecule has 2 rings (SSSR count). The summed E-state index contributed by atoms with van der Waals surface area (Å²) >= 11 is 6.14. The number of hydrogen-bond donors (Lipinski definition) is 1. The molecule has 0 saturated heterocycles. The summed E-state index contributed by atoms with van der Waals surface area (Å²) in [6.45, 7) is 8.30. The molecule has 0 spiro atoms. The van der Waals surface area contributed by atoms with Crippen LogP contribution >= 0.6 is 11.6 Å². The number of aromatic nitrogens is 4. The standard InChI is InChI=1S/C14H20ClN5O/c1-8(2)20-14(21)13(15)12(7-17-20)16-6-11-9(3)18-19(5)10(11)4/h7-8,16H,6H2,1-5H3. The summed E-state index contributed by atoms with van der Waals surface area (Å²) in [5.74, 6) is 0. The highest BCUT2D eigenvalue weighted by atomic mass is 35.5. The molecular formula is C14H20ClN5O. The van der Waals surface area contributed by atoms with Crippen LogP contribution in [0.3, 0.4) is 0 Å². The molecule has 0 fully saturated rings. The van der Waals surface area contributed by atoms with Crippen molar-refractivity contribution < 1.29 is 0 Å². The Hall–Kier alpha value is -1.82. The monoisotopic (exact) mass is 309 g/mol. The predicted octanol–water partition coefficient (Wildman–Crippen LogP) is 2.44. The molecule has 0 bridgehead atoms. The normalized spacial score (nSPS) is 11.2. The molecule has 0 aliphatic rings. The van der Waals surface area contributed by atoms with Gasteiger partial charge in [-0.3, -0.25) is 9.48 Å². The van der Waals surface area contributed by atoms with Crippen LogP contribution < -0.4 is 10.9 Å². The Balaban J connectivity index is 2.25. The topological polar surface area (TPSA) is 64.7 Å². The van der Waals surface area contributed by atoms with Crippen LogP contribution in [-0.2, 0) is 13.6 Å². The largest absolute Gasteiger partial charge is 0.378 e. The highest BCUT2D eigenvalue weighted by Crippen LogP contribution is 2.19. The predicted molar refractivity (Wildman–Crippen MR) is 83.9 cm³/mol. The first-order chi connectivity index (χ1) is 9.82. The van der Waals surface area contributed by atoms with Crippen LogP contribution in [0.4, 0.5) is 5.69 Å². The van der Waals surface area contributed by atoms with Crippen molar-refractivity contribution in [1.29, 1.82) is 0 Å². The summed E-state index contributed by atoms with van der Waals surface area (Å²) in [7, 11) is 1.91. The fraction of sp³-hybridized carbons (Fsp3) is 0.500. The van der Waals surface area contributed by atoms with Crippen LogP contribution in [0, 0.1) is 13.8 Å². The number of halogens is 1. The molecule has 2 aromatic heterocycles. The molecule has 2 aromatic rings. The van der Waals surface area contributed by atoms with E-state index in [2.05, 4.69) is 15.5 Å². The number of rotatable bonds is 4. The summed E-state index contributed by atoms with van der Waals surface area (Å²) < 4.78 is 3.21. The van der Waals surface area contributed by atoms with Crippen LogP contribution in [0.25, 0.3) is 0 Å². The van der Waals surface area contributed by atoms with Crippen molar-refractivity contribution in [3.63, 3.8) is 0 Å².